The molecule has 1 heterocycles. The van der Waals surface area contributed by atoms with Gasteiger partial charge in [0, 0.05) is 11.3 Å². The second-order valence-electron chi connectivity index (χ2n) is 3.95. The van der Waals surface area contributed by atoms with E-state index >= 15 is 0 Å². The number of nitrogens with one attached hydrogen (secondary N) is 1. The van der Waals surface area contributed by atoms with E-state index in [1.54, 1.807) is 19.1 Å². The SMILES string of the molecule is Cc1cc(O)ccc1NC(=O)c1cc(Cl)nc(Cl)c1. The maximum Gasteiger partial charge on any atom is 0.255 e. The fourth-order valence-electron chi connectivity index (χ4n) is 1.58. The zero-order valence-electron chi connectivity index (χ0n) is 9.95. The normalized spacial score (nSPS) is 10.3. The fourth-order valence-corrected chi connectivity index (χ4v) is 2.04. The maximum absolute atomic E-state index is 12.0. The third-order valence-electron chi connectivity index (χ3n) is 2.48. The van der Waals surface area contributed by atoms with E-state index in [1.807, 2.05) is 0 Å². The van der Waals surface area contributed by atoms with Crippen molar-refractivity contribution < 1.29 is 9.90 Å². The van der Waals surface area contributed by atoms with Crippen molar-refractivity contribution in [2.75, 3.05) is 5.32 Å². The molecule has 2 aromatic rings. The first-order valence-corrected chi connectivity index (χ1v) is 6.15. The highest BCUT2D eigenvalue weighted by molar-refractivity contribution is 6.33. The number of benzene rings is 1. The molecule has 1 aromatic heterocycles. The van der Waals surface area contributed by atoms with Crippen LogP contribution in [0.4, 0.5) is 5.69 Å². The molecule has 1 aromatic carbocycles. The number of hydrogen-bond donors (Lipinski definition) is 2. The van der Waals surface area contributed by atoms with Crippen LogP contribution in [0.25, 0.3) is 0 Å². The molecule has 0 fully saturated rings. The van der Waals surface area contributed by atoms with Gasteiger partial charge in [-0.05, 0) is 42.8 Å². The monoisotopic (exact) mass is 296 g/mol. The van der Waals surface area contributed by atoms with Crippen LogP contribution in [0.5, 0.6) is 5.75 Å². The molecule has 0 bridgehead atoms. The molecule has 0 spiro atoms. The standard InChI is InChI=1S/C13H10Cl2N2O2/c1-7-4-9(18)2-3-10(7)16-13(19)8-5-11(14)17-12(15)6-8/h2-6,18H,1H3,(H,16,19). The van der Waals surface area contributed by atoms with Gasteiger partial charge in [0.1, 0.15) is 16.1 Å². The number of carbonyl (C=O) groups excluding carboxylic acids is 1. The third-order valence-corrected chi connectivity index (χ3v) is 2.87. The first kappa shape index (κ1) is 13.6. The molecule has 19 heavy (non-hydrogen) atoms. The minimum absolute atomic E-state index is 0.144. The zero-order valence-corrected chi connectivity index (χ0v) is 11.5. The Morgan fingerprint density at radius 3 is 2.42 bits per heavy atom. The molecule has 4 nitrogen and oxygen atoms in total. The van der Waals surface area contributed by atoms with E-state index in [4.69, 9.17) is 23.2 Å². The maximum atomic E-state index is 12.0. The van der Waals surface area contributed by atoms with Crippen molar-refractivity contribution in [2.45, 2.75) is 6.92 Å². The Labute approximate surface area is 120 Å². The lowest BCUT2D eigenvalue weighted by Crippen LogP contribution is -2.13. The van der Waals surface area contributed by atoms with Crippen LogP contribution >= 0.6 is 23.2 Å². The van der Waals surface area contributed by atoms with Crippen molar-refractivity contribution in [2.24, 2.45) is 0 Å². The summed E-state index contributed by atoms with van der Waals surface area (Å²) < 4.78 is 0. The van der Waals surface area contributed by atoms with Gasteiger partial charge < -0.3 is 10.4 Å². The molecule has 0 radical (unpaired) electrons. The van der Waals surface area contributed by atoms with Crippen molar-refractivity contribution in [3.63, 3.8) is 0 Å². The lowest BCUT2D eigenvalue weighted by Gasteiger charge is -2.09. The number of amides is 1. The number of anilines is 1. The quantitative estimate of drug-likeness (QED) is 0.657. The number of halogens is 2. The average Bonchev–Trinajstić information content (AvgIpc) is 2.31. The predicted octanol–water partition coefficient (Wildman–Crippen LogP) is 3.65. The van der Waals surface area contributed by atoms with E-state index in [0.29, 0.717) is 11.3 Å². The number of carbonyl (C=O) groups is 1. The summed E-state index contributed by atoms with van der Waals surface area (Å²) in [4.78, 5) is 15.8. The number of phenolic OH excluding ortho intramolecular Hbond substituents is 1. The summed E-state index contributed by atoms with van der Waals surface area (Å²) in [5.74, 6) is -0.203. The number of nitrogens with zero attached hydrogens (tertiary/aromatic N) is 1. The van der Waals surface area contributed by atoms with Gasteiger partial charge in [-0.15, -0.1) is 0 Å². The lowest BCUT2D eigenvalue weighted by atomic mass is 10.1. The van der Waals surface area contributed by atoms with Crippen LogP contribution in [0, 0.1) is 6.92 Å². The van der Waals surface area contributed by atoms with E-state index in [1.165, 1.54) is 18.2 Å². The largest absolute Gasteiger partial charge is 0.508 e. The van der Waals surface area contributed by atoms with Crippen molar-refractivity contribution in [3.8, 4) is 5.75 Å². The van der Waals surface area contributed by atoms with Crippen LogP contribution in [0.3, 0.4) is 0 Å². The van der Waals surface area contributed by atoms with Crippen LogP contribution < -0.4 is 5.32 Å². The predicted molar refractivity (Wildman–Crippen MR) is 75.1 cm³/mol. The van der Waals surface area contributed by atoms with Gasteiger partial charge in [-0.3, -0.25) is 4.79 Å². The minimum atomic E-state index is -0.347. The van der Waals surface area contributed by atoms with E-state index in [9.17, 15) is 9.90 Å². The molecule has 6 heteroatoms. The molecule has 0 atom stereocenters. The molecule has 0 aliphatic carbocycles. The first-order chi connectivity index (χ1) is 8.95. The molecule has 2 rings (SSSR count). The summed E-state index contributed by atoms with van der Waals surface area (Å²) in [6, 6.07) is 7.53. The summed E-state index contributed by atoms with van der Waals surface area (Å²) in [5.41, 5.74) is 1.67. The number of hydrogen-bond acceptors (Lipinski definition) is 3. The molecule has 0 aliphatic rings. The van der Waals surface area contributed by atoms with Gasteiger partial charge in [-0.2, -0.15) is 0 Å². The smallest absolute Gasteiger partial charge is 0.255 e. The van der Waals surface area contributed by atoms with Crippen molar-refractivity contribution in [3.05, 3.63) is 51.8 Å². The van der Waals surface area contributed by atoms with Gasteiger partial charge in [0.15, 0.2) is 0 Å². The lowest BCUT2D eigenvalue weighted by molar-refractivity contribution is 0.102. The van der Waals surface area contributed by atoms with E-state index in [0.717, 1.165) is 5.56 Å². The highest BCUT2D eigenvalue weighted by Crippen LogP contribution is 2.21. The molecule has 0 unspecified atom stereocenters. The summed E-state index contributed by atoms with van der Waals surface area (Å²) >= 11 is 11.5. The Morgan fingerprint density at radius 1 is 1.21 bits per heavy atom. The number of rotatable bonds is 2. The first-order valence-electron chi connectivity index (χ1n) is 5.40. The van der Waals surface area contributed by atoms with E-state index in [2.05, 4.69) is 10.3 Å². The number of pyridine rings is 1. The van der Waals surface area contributed by atoms with Gasteiger partial charge in [0.25, 0.3) is 5.91 Å². The van der Waals surface area contributed by atoms with E-state index in [-0.39, 0.29) is 22.0 Å². The summed E-state index contributed by atoms with van der Waals surface area (Å²) in [6.07, 6.45) is 0. The zero-order chi connectivity index (χ0) is 14.0. The summed E-state index contributed by atoms with van der Waals surface area (Å²) in [5, 5.41) is 12.3. The van der Waals surface area contributed by atoms with E-state index < -0.39 is 0 Å². The molecule has 0 saturated carbocycles. The second kappa shape index (κ2) is 5.47. The molecular formula is C13H10Cl2N2O2. The second-order valence-corrected chi connectivity index (χ2v) is 4.73. The molecule has 98 valence electrons. The number of aromatic nitrogens is 1. The number of phenols is 1. The fraction of sp³-hybridized carbons (Fsp3) is 0.0769. The van der Waals surface area contributed by atoms with Gasteiger partial charge in [-0.25, -0.2) is 4.98 Å². The molecule has 0 saturated heterocycles. The Balaban J connectivity index is 2.25. The van der Waals surface area contributed by atoms with Gasteiger partial charge >= 0.3 is 0 Å². The minimum Gasteiger partial charge on any atom is -0.508 e. The molecular weight excluding hydrogens is 287 g/mol. The van der Waals surface area contributed by atoms with Crippen LogP contribution in [0.1, 0.15) is 15.9 Å². The van der Waals surface area contributed by atoms with Crippen molar-refractivity contribution >= 4 is 34.8 Å². The highest BCUT2D eigenvalue weighted by Gasteiger charge is 2.10. The Bertz CT molecular complexity index is 624. The topological polar surface area (TPSA) is 62.2 Å². The van der Waals surface area contributed by atoms with Crippen molar-refractivity contribution in [1.29, 1.82) is 0 Å². The summed E-state index contributed by atoms with van der Waals surface area (Å²) in [7, 11) is 0. The van der Waals surface area contributed by atoms with Gasteiger partial charge in [-0.1, -0.05) is 23.2 Å². The van der Waals surface area contributed by atoms with Gasteiger partial charge in [0.2, 0.25) is 0 Å². The number of aromatic hydroxyl groups is 1. The summed E-state index contributed by atoms with van der Waals surface area (Å²) in [6.45, 7) is 1.78. The Morgan fingerprint density at radius 2 is 1.84 bits per heavy atom. The number of aryl methyl sites for hydroxylation is 1. The molecule has 1 amide bonds. The Hall–Kier alpha value is -1.78. The highest BCUT2D eigenvalue weighted by atomic mass is 35.5. The van der Waals surface area contributed by atoms with Crippen LogP contribution in [-0.4, -0.2) is 16.0 Å². The van der Waals surface area contributed by atoms with Crippen molar-refractivity contribution in [1.82, 2.24) is 4.98 Å². The Kier molecular flexibility index (Phi) is 3.93. The third kappa shape index (κ3) is 3.36. The van der Waals surface area contributed by atoms with Gasteiger partial charge in [0.05, 0.1) is 0 Å². The van der Waals surface area contributed by atoms with Crippen LogP contribution in [0.2, 0.25) is 10.3 Å². The average molecular weight is 297 g/mol. The molecule has 0 aliphatic heterocycles. The molecule has 2 N–H and O–H groups in total. The van der Waals surface area contributed by atoms with Crippen LogP contribution in [-0.2, 0) is 0 Å². The van der Waals surface area contributed by atoms with Crippen LogP contribution in [0.15, 0.2) is 30.3 Å².